The molecule has 2 rings (SSSR count). The number of rotatable bonds is 5. The Morgan fingerprint density at radius 3 is 2.68 bits per heavy atom. The van der Waals surface area contributed by atoms with E-state index in [2.05, 4.69) is 15.6 Å². The minimum atomic E-state index is -0.120. The van der Waals surface area contributed by atoms with E-state index in [-0.39, 0.29) is 5.91 Å². The summed E-state index contributed by atoms with van der Waals surface area (Å²) in [6, 6.07) is 5.44. The SMILES string of the molecule is O=C(CSCc1ccc(Cl)c(Cl)c1)Nn1cnnc1. The zero-order chi connectivity index (χ0) is 13.7. The standard InChI is InChI=1S/C11H10Cl2N4OS/c12-9-2-1-8(3-10(9)13)4-19-5-11(18)16-17-6-14-15-7-17/h1-3,6-7H,4-5H2,(H,16,18). The normalized spacial score (nSPS) is 10.4. The quantitative estimate of drug-likeness (QED) is 0.921. The Labute approximate surface area is 124 Å². The fourth-order valence-electron chi connectivity index (χ4n) is 1.33. The summed E-state index contributed by atoms with van der Waals surface area (Å²) < 4.78 is 1.40. The summed E-state index contributed by atoms with van der Waals surface area (Å²) in [6.07, 6.45) is 2.84. The zero-order valence-electron chi connectivity index (χ0n) is 9.72. The third kappa shape index (κ3) is 4.41. The summed E-state index contributed by atoms with van der Waals surface area (Å²) >= 11 is 13.2. The summed E-state index contributed by atoms with van der Waals surface area (Å²) in [5.41, 5.74) is 3.64. The van der Waals surface area contributed by atoms with Crippen LogP contribution in [-0.2, 0) is 10.5 Å². The van der Waals surface area contributed by atoms with E-state index in [1.54, 1.807) is 12.1 Å². The van der Waals surface area contributed by atoms with Crippen LogP contribution in [0, 0.1) is 0 Å². The smallest absolute Gasteiger partial charge is 0.248 e. The highest BCUT2D eigenvalue weighted by Gasteiger charge is 2.04. The minimum Gasteiger partial charge on any atom is -0.272 e. The summed E-state index contributed by atoms with van der Waals surface area (Å²) in [5.74, 6) is 0.898. The van der Waals surface area contributed by atoms with Gasteiger partial charge in [0.25, 0.3) is 0 Å². The minimum absolute atomic E-state index is 0.120. The molecule has 1 aromatic heterocycles. The molecule has 0 aliphatic rings. The van der Waals surface area contributed by atoms with Crippen LogP contribution in [0.15, 0.2) is 30.9 Å². The van der Waals surface area contributed by atoms with E-state index in [0.29, 0.717) is 21.6 Å². The number of aromatic nitrogens is 3. The van der Waals surface area contributed by atoms with Crippen LogP contribution in [0.4, 0.5) is 0 Å². The van der Waals surface area contributed by atoms with Gasteiger partial charge in [-0.15, -0.1) is 22.0 Å². The van der Waals surface area contributed by atoms with Gasteiger partial charge in [0.05, 0.1) is 15.8 Å². The summed E-state index contributed by atoms with van der Waals surface area (Å²) in [5, 5.41) is 8.22. The maximum Gasteiger partial charge on any atom is 0.248 e. The summed E-state index contributed by atoms with van der Waals surface area (Å²) in [6.45, 7) is 0. The number of halogens is 2. The molecule has 0 aliphatic carbocycles. The van der Waals surface area contributed by atoms with E-state index >= 15 is 0 Å². The van der Waals surface area contributed by atoms with E-state index in [9.17, 15) is 4.79 Å². The van der Waals surface area contributed by atoms with Gasteiger partial charge >= 0.3 is 0 Å². The lowest BCUT2D eigenvalue weighted by Gasteiger charge is -2.05. The van der Waals surface area contributed by atoms with Crippen molar-refractivity contribution < 1.29 is 4.79 Å². The van der Waals surface area contributed by atoms with Crippen LogP contribution in [0.2, 0.25) is 10.0 Å². The molecule has 1 aromatic carbocycles. The lowest BCUT2D eigenvalue weighted by Crippen LogP contribution is -2.23. The molecule has 1 N–H and O–H groups in total. The van der Waals surface area contributed by atoms with Gasteiger partial charge in [0, 0.05) is 5.75 Å². The molecule has 0 unspecified atom stereocenters. The maximum absolute atomic E-state index is 11.6. The number of nitrogens with one attached hydrogen (secondary N) is 1. The lowest BCUT2D eigenvalue weighted by molar-refractivity contribution is -0.114. The molecule has 0 atom stereocenters. The second-order valence-corrected chi connectivity index (χ2v) is 5.45. The highest BCUT2D eigenvalue weighted by Crippen LogP contribution is 2.24. The Bertz CT molecular complexity index is 562. The van der Waals surface area contributed by atoms with Crippen molar-refractivity contribution in [2.45, 2.75) is 5.75 Å². The number of carbonyl (C=O) groups is 1. The Morgan fingerprint density at radius 2 is 2.00 bits per heavy atom. The molecule has 0 aliphatic heterocycles. The molecule has 1 heterocycles. The van der Waals surface area contributed by atoms with E-state index in [1.807, 2.05) is 6.07 Å². The molecule has 0 bridgehead atoms. The van der Waals surface area contributed by atoms with Crippen molar-refractivity contribution >= 4 is 40.9 Å². The first-order valence-corrected chi connectivity index (χ1v) is 7.22. The van der Waals surface area contributed by atoms with Gasteiger partial charge in [0.1, 0.15) is 12.7 Å². The van der Waals surface area contributed by atoms with Gasteiger partial charge in [0.2, 0.25) is 5.91 Å². The monoisotopic (exact) mass is 316 g/mol. The van der Waals surface area contributed by atoms with Crippen LogP contribution >= 0.6 is 35.0 Å². The number of benzene rings is 1. The first-order valence-electron chi connectivity index (χ1n) is 5.31. The number of thioether (sulfide) groups is 1. The van der Waals surface area contributed by atoms with E-state index < -0.39 is 0 Å². The lowest BCUT2D eigenvalue weighted by atomic mass is 10.2. The van der Waals surface area contributed by atoms with E-state index in [4.69, 9.17) is 23.2 Å². The van der Waals surface area contributed by atoms with Crippen molar-refractivity contribution in [2.75, 3.05) is 11.2 Å². The summed E-state index contributed by atoms with van der Waals surface area (Å²) in [7, 11) is 0. The van der Waals surface area contributed by atoms with Crippen molar-refractivity contribution in [1.82, 2.24) is 14.9 Å². The van der Waals surface area contributed by atoms with E-state index in [0.717, 1.165) is 5.56 Å². The second kappa shape index (κ2) is 6.79. The molecular weight excluding hydrogens is 307 g/mol. The first kappa shape index (κ1) is 14.2. The molecule has 0 saturated carbocycles. The average molecular weight is 317 g/mol. The summed E-state index contributed by atoms with van der Waals surface area (Å²) in [4.78, 5) is 11.6. The van der Waals surface area contributed by atoms with Crippen molar-refractivity contribution in [2.24, 2.45) is 0 Å². The average Bonchev–Trinajstić information content (AvgIpc) is 2.86. The molecule has 0 radical (unpaired) electrons. The van der Waals surface area contributed by atoms with Crippen molar-refractivity contribution in [3.05, 3.63) is 46.5 Å². The largest absolute Gasteiger partial charge is 0.272 e. The van der Waals surface area contributed by atoms with Crippen LogP contribution < -0.4 is 5.43 Å². The zero-order valence-corrected chi connectivity index (χ0v) is 12.0. The number of carbonyl (C=O) groups excluding carboxylic acids is 1. The highest BCUT2D eigenvalue weighted by atomic mass is 35.5. The molecule has 1 amide bonds. The van der Waals surface area contributed by atoms with Crippen molar-refractivity contribution in [3.63, 3.8) is 0 Å². The van der Waals surface area contributed by atoms with Gasteiger partial charge in [0.15, 0.2) is 0 Å². The topological polar surface area (TPSA) is 59.8 Å². The van der Waals surface area contributed by atoms with Crippen LogP contribution in [0.3, 0.4) is 0 Å². The number of hydrogen-bond acceptors (Lipinski definition) is 4. The van der Waals surface area contributed by atoms with Gasteiger partial charge in [-0.2, -0.15) is 0 Å². The fourth-order valence-corrected chi connectivity index (χ4v) is 2.41. The molecule has 19 heavy (non-hydrogen) atoms. The number of nitrogens with zero attached hydrogens (tertiary/aromatic N) is 3. The molecular formula is C11H10Cl2N4OS. The van der Waals surface area contributed by atoms with Gasteiger partial charge < -0.3 is 0 Å². The van der Waals surface area contributed by atoms with Crippen LogP contribution in [-0.4, -0.2) is 26.5 Å². The molecule has 0 spiro atoms. The third-order valence-electron chi connectivity index (χ3n) is 2.16. The molecule has 0 fully saturated rings. The van der Waals surface area contributed by atoms with Crippen LogP contribution in [0.1, 0.15) is 5.56 Å². The van der Waals surface area contributed by atoms with Gasteiger partial charge in [-0.05, 0) is 17.7 Å². The van der Waals surface area contributed by atoms with Crippen LogP contribution in [0.5, 0.6) is 0 Å². The number of hydrogen-bond donors (Lipinski definition) is 1. The molecule has 8 heteroatoms. The first-order chi connectivity index (χ1) is 9.15. The maximum atomic E-state index is 11.6. The van der Waals surface area contributed by atoms with Crippen LogP contribution in [0.25, 0.3) is 0 Å². The van der Waals surface area contributed by atoms with E-state index in [1.165, 1.54) is 29.1 Å². The molecule has 5 nitrogen and oxygen atoms in total. The molecule has 100 valence electrons. The predicted octanol–water partition coefficient (Wildman–Crippen LogP) is 2.59. The van der Waals surface area contributed by atoms with Crippen molar-refractivity contribution in [1.29, 1.82) is 0 Å². The molecule has 0 saturated heterocycles. The Kier molecular flexibility index (Phi) is 5.07. The third-order valence-corrected chi connectivity index (χ3v) is 3.90. The van der Waals surface area contributed by atoms with Gasteiger partial charge in [-0.25, -0.2) is 4.68 Å². The number of amides is 1. The Hall–Kier alpha value is -1.24. The van der Waals surface area contributed by atoms with Gasteiger partial charge in [-0.1, -0.05) is 29.3 Å². The Balaban J connectivity index is 1.76. The second-order valence-electron chi connectivity index (χ2n) is 3.65. The van der Waals surface area contributed by atoms with Gasteiger partial charge in [-0.3, -0.25) is 10.2 Å². The van der Waals surface area contributed by atoms with Crippen molar-refractivity contribution in [3.8, 4) is 0 Å². The highest BCUT2D eigenvalue weighted by molar-refractivity contribution is 7.99. The Morgan fingerprint density at radius 1 is 1.26 bits per heavy atom. The molecule has 2 aromatic rings. The fraction of sp³-hybridized carbons (Fsp3) is 0.182. The predicted molar refractivity (Wildman–Crippen MR) is 77.0 cm³/mol.